The maximum atomic E-state index is 10.4. The zero-order chi connectivity index (χ0) is 10.7. The first-order chi connectivity index (χ1) is 7.25. The summed E-state index contributed by atoms with van der Waals surface area (Å²) < 4.78 is 0. The van der Waals surface area contributed by atoms with E-state index >= 15 is 0 Å². The average molecular weight is 206 g/mol. The topological polar surface area (TPSA) is 55.2 Å². The van der Waals surface area contributed by atoms with Crippen molar-refractivity contribution < 1.29 is 4.92 Å². The average Bonchev–Trinajstić information content (AvgIpc) is 3.02. The maximum absolute atomic E-state index is 10.4. The largest absolute Gasteiger partial charge is 0.385 e. The van der Waals surface area contributed by atoms with Crippen LogP contribution >= 0.6 is 0 Å². The lowest BCUT2D eigenvalue weighted by Gasteiger charge is -2.04. The molecule has 4 nitrogen and oxygen atoms in total. The molecule has 0 heterocycles. The first-order valence-electron chi connectivity index (χ1n) is 5.24. The monoisotopic (exact) mass is 206 g/mol. The van der Waals surface area contributed by atoms with E-state index in [-0.39, 0.29) is 10.6 Å². The lowest BCUT2D eigenvalue weighted by atomic mass is 10.2. The number of nitrogens with one attached hydrogen (secondary N) is 1. The van der Waals surface area contributed by atoms with Crippen molar-refractivity contribution in [1.29, 1.82) is 0 Å². The fraction of sp³-hybridized carbons (Fsp3) is 0.455. The van der Waals surface area contributed by atoms with E-state index in [0.717, 1.165) is 18.2 Å². The van der Waals surface area contributed by atoms with Gasteiger partial charge in [-0.15, -0.1) is 0 Å². The number of rotatable bonds is 5. The first-order valence-corrected chi connectivity index (χ1v) is 5.24. The van der Waals surface area contributed by atoms with Gasteiger partial charge in [0.05, 0.1) is 4.92 Å². The third kappa shape index (κ3) is 2.94. The molecule has 0 unspecified atom stereocenters. The van der Waals surface area contributed by atoms with Gasteiger partial charge in [-0.2, -0.15) is 0 Å². The molecule has 1 N–H and O–H groups in total. The fourth-order valence-electron chi connectivity index (χ4n) is 1.53. The lowest BCUT2D eigenvalue weighted by molar-refractivity contribution is -0.384. The van der Waals surface area contributed by atoms with Crippen LogP contribution in [0.25, 0.3) is 0 Å². The summed E-state index contributed by atoms with van der Waals surface area (Å²) in [5, 5.41) is 13.7. The molecule has 0 spiro atoms. The third-order valence-corrected chi connectivity index (χ3v) is 2.66. The van der Waals surface area contributed by atoms with Crippen LogP contribution in [0.2, 0.25) is 0 Å². The number of anilines is 1. The Kier molecular flexibility index (Phi) is 2.85. The van der Waals surface area contributed by atoms with Crippen LogP contribution in [0.3, 0.4) is 0 Å². The van der Waals surface area contributed by atoms with Crippen LogP contribution < -0.4 is 5.32 Å². The smallest absolute Gasteiger partial charge is 0.269 e. The van der Waals surface area contributed by atoms with Gasteiger partial charge in [-0.25, -0.2) is 0 Å². The molecular weight excluding hydrogens is 192 g/mol. The van der Waals surface area contributed by atoms with Crippen LogP contribution in [0.1, 0.15) is 19.3 Å². The number of nitro benzene ring substituents is 1. The summed E-state index contributed by atoms with van der Waals surface area (Å²) in [5.41, 5.74) is 1.10. The van der Waals surface area contributed by atoms with Gasteiger partial charge in [-0.1, -0.05) is 12.8 Å². The standard InChI is InChI=1S/C11H14N2O2/c14-13(15)11-5-3-10(4-6-11)12-8-7-9-1-2-9/h3-6,9,12H,1-2,7-8H2. The zero-order valence-electron chi connectivity index (χ0n) is 8.48. The Morgan fingerprint density at radius 2 is 2.00 bits per heavy atom. The van der Waals surface area contributed by atoms with Crippen molar-refractivity contribution in [3.8, 4) is 0 Å². The van der Waals surface area contributed by atoms with Crippen molar-refractivity contribution in [3.05, 3.63) is 34.4 Å². The Morgan fingerprint density at radius 3 is 2.53 bits per heavy atom. The summed E-state index contributed by atoms with van der Waals surface area (Å²) in [5.74, 6) is 0.913. The molecule has 1 aliphatic carbocycles. The Balaban J connectivity index is 1.83. The number of hydrogen-bond donors (Lipinski definition) is 1. The molecule has 1 fully saturated rings. The number of benzene rings is 1. The summed E-state index contributed by atoms with van der Waals surface area (Å²) in [7, 11) is 0. The molecule has 15 heavy (non-hydrogen) atoms. The second-order valence-corrected chi connectivity index (χ2v) is 3.96. The minimum Gasteiger partial charge on any atom is -0.385 e. The Hall–Kier alpha value is -1.58. The predicted molar refractivity (Wildman–Crippen MR) is 58.9 cm³/mol. The van der Waals surface area contributed by atoms with Gasteiger partial charge in [0, 0.05) is 24.4 Å². The molecule has 1 aliphatic rings. The van der Waals surface area contributed by atoms with Crippen LogP contribution in [0.15, 0.2) is 24.3 Å². The first kappa shape index (κ1) is 9.96. The highest BCUT2D eigenvalue weighted by Gasteiger charge is 2.20. The van der Waals surface area contributed by atoms with Crippen molar-refractivity contribution >= 4 is 11.4 Å². The van der Waals surface area contributed by atoms with E-state index in [2.05, 4.69) is 5.32 Å². The Labute approximate surface area is 88.5 Å². The van der Waals surface area contributed by atoms with Crippen LogP contribution in [0, 0.1) is 16.0 Å². The van der Waals surface area contributed by atoms with Crippen molar-refractivity contribution in [1.82, 2.24) is 0 Å². The van der Waals surface area contributed by atoms with Gasteiger partial charge in [0.1, 0.15) is 0 Å². The van der Waals surface area contributed by atoms with Gasteiger partial charge in [-0.05, 0) is 24.5 Å². The van der Waals surface area contributed by atoms with E-state index < -0.39 is 0 Å². The van der Waals surface area contributed by atoms with E-state index in [0.29, 0.717) is 0 Å². The van der Waals surface area contributed by atoms with Crippen molar-refractivity contribution in [2.75, 3.05) is 11.9 Å². The maximum Gasteiger partial charge on any atom is 0.269 e. The molecule has 0 radical (unpaired) electrons. The summed E-state index contributed by atoms with van der Waals surface area (Å²) in [6.45, 7) is 0.961. The summed E-state index contributed by atoms with van der Waals surface area (Å²) >= 11 is 0. The number of hydrogen-bond acceptors (Lipinski definition) is 3. The molecule has 1 aromatic carbocycles. The second kappa shape index (κ2) is 4.29. The lowest BCUT2D eigenvalue weighted by Crippen LogP contribution is -2.02. The van der Waals surface area contributed by atoms with E-state index in [1.54, 1.807) is 12.1 Å². The van der Waals surface area contributed by atoms with Gasteiger partial charge in [0.15, 0.2) is 0 Å². The normalized spacial score (nSPS) is 14.9. The molecule has 0 bridgehead atoms. The second-order valence-electron chi connectivity index (χ2n) is 3.96. The number of nitro groups is 1. The van der Waals surface area contributed by atoms with E-state index in [1.165, 1.54) is 31.4 Å². The van der Waals surface area contributed by atoms with E-state index in [4.69, 9.17) is 0 Å². The van der Waals surface area contributed by atoms with E-state index in [1.807, 2.05) is 0 Å². The third-order valence-electron chi connectivity index (χ3n) is 2.66. The molecule has 0 saturated heterocycles. The summed E-state index contributed by atoms with van der Waals surface area (Å²) in [4.78, 5) is 10.0. The highest BCUT2D eigenvalue weighted by Crippen LogP contribution is 2.32. The van der Waals surface area contributed by atoms with E-state index in [9.17, 15) is 10.1 Å². The van der Waals surface area contributed by atoms with Gasteiger partial charge in [0.2, 0.25) is 0 Å². The van der Waals surface area contributed by atoms with Crippen molar-refractivity contribution in [2.45, 2.75) is 19.3 Å². The zero-order valence-corrected chi connectivity index (χ0v) is 8.48. The Morgan fingerprint density at radius 1 is 1.33 bits per heavy atom. The van der Waals surface area contributed by atoms with Gasteiger partial charge < -0.3 is 5.32 Å². The van der Waals surface area contributed by atoms with Crippen LogP contribution in [0.4, 0.5) is 11.4 Å². The summed E-state index contributed by atoms with van der Waals surface area (Å²) in [6, 6.07) is 6.56. The molecule has 0 aromatic heterocycles. The molecule has 0 amide bonds. The van der Waals surface area contributed by atoms with Crippen LogP contribution in [-0.2, 0) is 0 Å². The molecule has 80 valence electrons. The van der Waals surface area contributed by atoms with Crippen LogP contribution in [0.5, 0.6) is 0 Å². The minimum absolute atomic E-state index is 0.141. The molecule has 1 saturated carbocycles. The molecule has 2 rings (SSSR count). The molecule has 4 heteroatoms. The van der Waals surface area contributed by atoms with Gasteiger partial charge in [-0.3, -0.25) is 10.1 Å². The number of nitrogens with zero attached hydrogens (tertiary/aromatic N) is 1. The summed E-state index contributed by atoms with van der Waals surface area (Å²) in [6.07, 6.45) is 3.93. The highest BCUT2D eigenvalue weighted by molar-refractivity contribution is 5.48. The minimum atomic E-state index is -0.381. The van der Waals surface area contributed by atoms with Crippen molar-refractivity contribution in [2.24, 2.45) is 5.92 Å². The number of non-ortho nitro benzene ring substituents is 1. The van der Waals surface area contributed by atoms with Crippen LogP contribution in [-0.4, -0.2) is 11.5 Å². The molecular formula is C11H14N2O2. The van der Waals surface area contributed by atoms with Crippen molar-refractivity contribution in [3.63, 3.8) is 0 Å². The molecule has 0 aliphatic heterocycles. The predicted octanol–water partition coefficient (Wildman–Crippen LogP) is 2.81. The SMILES string of the molecule is O=[N+]([O-])c1ccc(NCCC2CC2)cc1. The molecule has 0 atom stereocenters. The highest BCUT2D eigenvalue weighted by atomic mass is 16.6. The van der Waals surface area contributed by atoms with Gasteiger partial charge in [0.25, 0.3) is 5.69 Å². The molecule has 1 aromatic rings. The Bertz CT molecular complexity index is 344. The fourth-order valence-corrected chi connectivity index (χ4v) is 1.53. The van der Waals surface area contributed by atoms with Gasteiger partial charge >= 0.3 is 0 Å². The quantitative estimate of drug-likeness (QED) is 0.595.